The fourth-order valence-electron chi connectivity index (χ4n) is 3.05. The maximum absolute atomic E-state index is 12.9. The van der Waals surface area contributed by atoms with Gasteiger partial charge < -0.3 is 4.74 Å². The number of Topliss-reactive ketones (excluding diaryl/α,β-unsaturated/α-hetero) is 1. The molecule has 0 fully saturated rings. The number of carbonyl (C=O) groups excluding carboxylic acids is 2. The molecule has 0 atom stereocenters. The van der Waals surface area contributed by atoms with E-state index in [0.717, 1.165) is 5.56 Å². The fraction of sp³-hybridized carbons (Fsp3) is 0.0417. The van der Waals surface area contributed by atoms with E-state index < -0.39 is 5.97 Å². The summed E-state index contributed by atoms with van der Waals surface area (Å²) < 4.78 is 5.32. The van der Waals surface area contributed by atoms with Crippen LogP contribution >= 0.6 is 23.2 Å². The predicted octanol–water partition coefficient (Wildman–Crippen LogP) is 6.25. The highest BCUT2D eigenvalue weighted by molar-refractivity contribution is 6.31. The smallest absolute Gasteiger partial charge is 0.339 e. The zero-order valence-corrected chi connectivity index (χ0v) is 17.2. The SMILES string of the molecule is O=C(COC(=O)c1cc(-c2ccc(Cl)cc2)nc2ccc(Cl)cc12)c1ccccc1. The molecule has 0 saturated heterocycles. The van der Waals surface area contributed by atoms with Gasteiger partial charge in [-0.25, -0.2) is 9.78 Å². The molecule has 3 aromatic carbocycles. The zero-order valence-electron chi connectivity index (χ0n) is 15.6. The Morgan fingerprint density at radius 2 is 1.53 bits per heavy atom. The summed E-state index contributed by atoms with van der Waals surface area (Å²) in [4.78, 5) is 29.8. The van der Waals surface area contributed by atoms with Gasteiger partial charge in [-0.15, -0.1) is 0 Å². The third kappa shape index (κ3) is 4.35. The van der Waals surface area contributed by atoms with Gasteiger partial charge in [0, 0.05) is 26.6 Å². The number of ketones is 1. The van der Waals surface area contributed by atoms with Crippen LogP contribution in [0.25, 0.3) is 22.2 Å². The van der Waals surface area contributed by atoms with Crippen molar-refractivity contribution in [1.82, 2.24) is 4.98 Å². The molecule has 0 aliphatic rings. The van der Waals surface area contributed by atoms with E-state index in [-0.39, 0.29) is 18.0 Å². The molecule has 30 heavy (non-hydrogen) atoms. The second-order valence-corrected chi connectivity index (χ2v) is 7.46. The van der Waals surface area contributed by atoms with E-state index in [4.69, 9.17) is 27.9 Å². The first kappa shape index (κ1) is 20.1. The van der Waals surface area contributed by atoms with Crippen LogP contribution in [-0.2, 0) is 4.74 Å². The van der Waals surface area contributed by atoms with Gasteiger partial charge in [-0.2, -0.15) is 0 Å². The number of ether oxygens (including phenoxy) is 1. The number of aromatic nitrogens is 1. The number of halogens is 2. The Morgan fingerprint density at radius 3 is 2.27 bits per heavy atom. The normalized spacial score (nSPS) is 10.7. The van der Waals surface area contributed by atoms with Crippen LogP contribution in [0.4, 0.5) is 0 Å². The van der Waals surface area contributed by atoms with Crippen molar-refractivity contribution < 1.29 is 14.3 Å². The molecule has 4 aromatic rings. The van der Waals surface area contributed by atoms with E-state index in [1.165, 1.54) is 0 Å². The van der Waals surface area contributed by atoms with Crippen molar-refractivity contribution in [2.24, 2.45) is 0 Å². The number of nitrogens with zero attached hydrogens (tertiary/aromatic N) is 1. The molecule has 0 N–H and O–H groups in total. The Kier molecular flexibility index (Phi) is 5.79. The first-order valence-corrected chi connectivity index (χ1v) is 9.88. The molecule has 0 spiro atoms. The number of rotatable bonds is 5. The summed E-state index contributed by atoms with van der Waals surface area (Å²) in [6.45, 7) is -0.358. The van der Waals surface area contributed by atoms with Crippen LogP contribution in [0.5, 0.6) is 0 Å². The Hall–Kier alpha value is -3.21. The van der Waals surface area contributed by atoms with E-state index in [1.54, 1.807) is 60.7 Å². The van der Waals surface area contributed by atoms with Gasteiger partial charge >= 0.3 is 5.97 Å². The van der Waals surface area contributed by atoms with Crippen molar-refractivity contribution >= 4 is 45.9 Å². The second kappa shape index (κ2) is 8.66. The van der Waals surface area contributed by atoms with Crippen LogP contribution in [0.3, 0.4) is 0 Å². The summed E-state index contributed by atoms with van der Waals surface area (Å²) in [5.74, 6) is -0.901. The quantitative estimate of drug-likeness (QED) is 0.274. The zero-order chi connectivity index (χ0) is 21.1. The molecular formula is C24H15Cl2NO3. The lowest BCUT2D eigenvalue weighted by Crippen LogP contribution is -2.15. The monoisotopic (exact) mass is 435 g/mol. The summed E-state index contributed by atoms with van der Waals surface area (Å²) in [5, 5.41) is 1.63. The lowest BCUT2D eigenvalue weighted by Gasteiger charge is -2.10. The summed E-state index contributed by atoms with van der Waals surface area (Å²) in [6.07, 6.45) is 0. The molecule has 0 aliphatic heterocycles. The van der Waals surface area contributed by atoms with Crippen molar-refractivity contribution in [3.8, 4) is 11.3 Å². The van der Waals surface area contributed by atoms with Crippen LogP contribution in [0.2, 0.25) is 10.0 Å². The average Bonchev–Trinajstić information content (AvgIpc) is 2.77. The summed E-state index contributed by atoms with van der Waals surface area (Å²) in [6, 6.07) is 22.6. The van der Waals surface area contributed by atoms with Gasteiger partial charge in [0.25, 0.3) is 0 Å². The number of benzene rings is 3. The number of carbonyl (C=O) groups is 2. The molecule has 0 amide bonds. The van der Waals surface area contributed by atoms with Gasteiger partial charge in [0.15, 0.2) is 12.4 Å². The molecule has 4 nitrogen and oxygen atoms in total. The standard InChI is InChI=1S/C24H15Cl2NO3/c25-17-8-6-15(7-9-17)22-13-20(19-12-18(26)10-11-21(19)27-22)24(29)30-14-23(28)16-4-2-1-3-5-16/h1-13H,14H2. The number of esters is 1. The molecule has 0 unspecified atom stereocenters. The topological polar surface area (TPSA) is 56.3 Å². The molecule has 0 bridgehead atoms. The highest BCUT2D eigenvalue weighted by atomic mass is 35.5. The van der Waals surface area contributed by atoms with Gasteiger partial charge in [0.2, 0.25) is 0 Å². The number of hydrogen-bond acceptors (Lipinski definition) is 4. The molecule has 0 radical (unpaired) electrons. The van der Waals surface area contributed by atoms with E-state index in [1.807, 2.05) is 18.2 Å². The molecule has 1 heterocycles. The van der Waals surface area contributed by atoms with E-state index >= 15 is 0 Å². The third-order valence-corrected chi connectivity index (χ3v) is 5.05. The van der Waals surface area contributed by atoms with Crippen molar-refractivity contribution in [2.75, 3.05) is 6.61 Å². The van der Waals surface area contributed by atoms with Gasteiger partial charge in [-0.3, -0.25) is 4.79 Å². The molecule has 0 saturated carbocycles. The highest BCUT2D eigenvalue weighted by Crippen LogP contribution is 2.28. The number of fused-ring (bicyclic) bond motifs is 1. The maximum atomic E-state index is 12.9. The van der Waals surface area contributed by atoms with Gasteiger partial charge in [0.1, 0.15) is 0 Å². The summed E-state index contributed by atoms with van der Waals surface area (Å²) in [5.41, 5.74) is 2.74. The van der Waals surface area contributed by atoms with E-state index in [0.29, 0.717) is 32.2 Å². The lowest BCUT2D eigenvalue weighted by molar-refractivity contribution is 0.0476. The Bertz CT molecular complexity index is 1240. The molecule has 0 aliphatic carbocycles. The summed E-state index contributed by atoms with van der Waals surface area (Å²) in [7, 11) is 0. The Morgan fingerprint density at radius 1 is 0.833 bits per heavy atom. The minimum Gasteiger partial charge on any atom is -0.454 e. The van der Waals surface area contributed by atoms with Crippen LogP contribution < -0.4 is 0 Å². The van der Waals surface area contributed by atoms with Gasteiger partial charge in [-0.1, -0.05) is 65.7 Å². The first-order chi connectivity index (χ1) is 14.5. The minimum absolute atomic E-state index is 0.279. The first-order valence-electron chi connectivity index (χ1n) is 9.13. The van der Waals surface area contributed by atoms with E-state index in [2.05, 4.69) is 4.98 Å². The second-order valence-electron chi connectivity index (χ2n) is 6.59. The Labute approximate surface area is 183 Å². The van der Waals surface area contributed by atoms with Crippen LogP contribution in [-0.4, -0.2) is 23.3 Å². The predicted molar refractivity (Wildman–Crippen MR) is 118 cm³/mol. The fourth-order valence-corrected chi connectivity index (χ4v) is 3.35. The molecule has 1 aromatic heterocycles. The molecule has 4 rings (SSSR count). The Balaban J connectivity index is 1.69. The largest absolute Gasteiger partial charge is 0.454 e. The van der Waals surface area contributed by atoms with Crippen molar-refractivity contribution in [1.29, 1.82) is 0 Å². The lowest BCUT2D eigenvalue weighted by atomic mass is 10.0. The summed E-state index contributed by atoms with van der Waals surface area (Å²) >= 11 is 12.1. The van der Waals surface area contributed by atoms with Crippen molar-refractivity contribution in [2.45, 2.75) is 0 Å². The molecule has 6 heteroatoms. The third-order valence-electron chi connectivity index (χ3n) is 4.56. The average molecular weight is 436 g/mol. The number of pyridine rings is 1. The van der Waals surface area contributed by atoms with Crippen molar-refractivity contribution in [3.05, 3.63) is 100 Å². The molecule has 148 valence electrons. The van der Waals surface area contributed by atoms with Crippen LogP contribution in [0.1, 0.15) is 20.7 Å². The van der Waals surface area contributed by atoms with Crippen molar-refractivity contribution in [3.63, 3.8) is 0 Å². The van der Waals surface area contributed by atoms with E-state index in [9.17, 15) is 9.59 Å². The van der Waals surface area contributed by atoms with Crippen LogP contribution in [0, 0.1) is 0 Å². The highest BCUT2D eigenvalue weighted by Gasteiger charge is 2.17. The van der Waals surface area contributed by atoms with Gasteiger partial charge in [0.05, 0.1) is 16.8 Å². The minimum atomic E-state index is -0.621. The van der Waals surface area contributed by atoms with Crippen LogP contribution in [0.15, 0.2) is 78.9 Å². The maximum Gasteiger partial charge on any atom is 0.339 e. The molecular weight excluding hydrogens is 421 g/mol. The van der Waals surface area contributed by atoms with Gasteiger partial charge in [-0.05, 0) is 36.4 Å². The number of hydrogen-bond donors (Lipinski definition) is 0.